The van der Waals surface area contributed by atoms with Crippen molar-refractivity contribution in [3.8, 4) is 11.5 Å². The standard InChI is InChI=1S/C21H22BrN7O3/c1-13-2-4-15(5-3-13)24-19-25-20(27-21(26-19)29-6-8-32-9-7-29)28-23-12-14-10-16(22)18(31)11-17(14)30/h2-5,10-12,30-31H,6-9H2,1H3,(H2,24,25,26,27,28). The molecule has 2 aromatic carbocycles. The second-order valence-corrected chi connectivity index (χ2v) is 7.96. The van der Waals surface area contributed by atoms with E-state index in [1.165, 1.54) is 12.3 Å². The molecular formula is C21H22BrN7O3. The molecule has 4 N–H and O–H groups in total. The van der Waals surface area contributed by atoms with Crippen molar-refractivity contribution in [3.05, 3.63) is 52.0 Å². The smallest absolute Gasteiger partial charge is 0.250 e. The van der Waals surface area contributed by atoms with Gasteiger partial charge in [0.2, 0.25) is 17.8 Å². The number of aromatic nitrogens is 3. The lowest BCUT2D eigenvalue weighted by atomic mass is 10.2. The fourth-order valence-corrected chi connectivity index (χ4v) is 3.33. The molecule has 3 aromatic rings. The van der Waals surface area contributed by atoms with Crippen molar-refractivity contribution < 1.29 is 14.9 Å². The summed E-state index contributed by atoms with van der Waals surface area (Å²) < 4.78 is 5.86. The van der Waals surface area contributed by atoms with Crippen molar-refractivity contribution in [3.63, 3.8) is 0 Å². The van der Waals surface area contributed by atoms with Gasteiger partial charge in [0.25, 0.3) is 0 Å². The number of phenols is 2. The van der Waals surface area contributed by atoms with Gasteiger partial charge in [-0.3, -0.25) is 0 Å². The molecule has 1 aliphatic rings. The molecule has 0 amide bonds. The van der Waals surface area contributed by atoms with Crippen LogP contribution in [0.5, 0.6) is 11.5 Å². The average molecular weight is 500 g/mol. The van der Waals surface area contributed by atoms with E-state index in [4.69, 9.17) is 4.74 Å². The molecule has 11 heteroatoms. The first-order valence-corrected chi connectivity index (χ1v) is 10.7. The van der Waals surface area contributed by atoms with E-state index >= 15 is 0 Å². The number of rotatable bonds is 6. The maximum atomic E-state index is 9.99. The number of ether oxygens (including phenoxy) is 1. The number of anilines is 4. The van der Waals surface area contributed by atoms with E-state index in [2.05, 4.69) is 46.7 Å². The Hall–Kier alpha value is -3.44. The minimum Gasteiger partial charge on any atom is -0.507 e. The molecule has 0 radical (unpaired) electrons. The van der Waals surface area contributed by atoms with Crippen LogP contribution in [-0.2, 0) is 4.74 Å². The van der Waals surface area contributed by atoms with Gasteiger partial charge in [-0.15, -0.1) is 0 Å². The highest BCUT2D eigenvalue weighted by Crippen LogP contribution is 2.30. The summed E-state index contributed by atoms with van der Waals surface area (Å²) in [6.07, 6.45) is 1.41. The lowest BCUT2D eigenvalue weighted by Crippen LogP contribution is -2.37. The Morgan fingerprint density at radius 1 is 1.03 bits per heavy atom. The van der Waals surface area contributed by atoms with Gasteiger partial charge in [-0.2, -0.15) is 20.1 Å². The number of phenolic OH excluding ortho intramolecular Hbond substituents is 2. The molecule has 1 fully saturated rings. The number of aryl methyl sites for hydroxylation is 1. The summed E-state index contributed by atoms with van der Waals surface area (Å²) in [7, 11) is 0. The van der Waals surface area contributed by atoms with Gasteiger partial charge < -0.3 is 25.2 Å². The van der Waals surface area contributed by atoms with Gasteiger partial charge >= 0.3 is 0 Å². The van der Waals surface area contributed by atoms with Gasteiger partial charge in [0.15, 0.2) is 0 Å². The Kier molecular flexibility index (Phi) is 6.66. The lowest BCUT2D eigenvalue weighted by Gasteiger charge is -2.27. The fourth-order valence-electron chi connectivity index (χ4n) is 2.97. The highest BCUT2D eigenvalue weighted by Gasteiger charge is 2.17. The van der Waals surface area contributed by atoms with Crippen LogP contribution in [0.4, 0.5) is 23.5 Å². The monoisotopic (exact) mass is 499 g/mol. The zero-order valence-corrected chi connectivity index (χ0v) is 18.9. The normalized spacial score (nSPS) is 14.0. The maximum absolute atomic E-state index is 9.99. The molecule has 0 atom stereocenters. The predicted octanol–water partition coefficient (Wildman–Crippen LogP) is 3.38. The Balaban J connectivity index is 1.58. The first-order valence-electron chi connectivity index (χ1n) is 9.91. The van der Waals surface area contributed by atoms with E-state index in [0.717, 1.165) is 11.3 Å². The summed E-state index contributed by atoms with van der Waals surface area (Å²) in [5.41, 5.74) is 5.20. The summed E-state index contributed by atoms with van der Waals surface area (Å²) in [6, 6.07) is 10.7. The van der Waals surface area contributed by atoms with Crippen molar-refractivity contribution in [2.75, 3.05) is 41.9 Å². The molecule has 166 valence electrons. The van der Waals surface area contributed by atoms with Crippen LogP contribution in [0, 0.1) is 6.92 Å². The van der Waals surface area contributed by atoms with Gasteiger partial charge in [0, 0.05) is 30.4 Å². The second kappa shape index (κ2) is 9.79. The van der Waals surface area contributed by atoms with E-state index in [1.54, 1.807) is 6.07 Å². The molecule has 2 heterocycles. The maximum Gasteiger partial charge on any atom is 0.250 e. The van der Waals surface area contributed by atoms with Crippen LogP contribution in [0.25, 0.3) is 0 Å². The van der Waals surface area contributed by atoms with E-state index in [-0.39, 0.29) is 17.4 Å². The Morgan fingerprint density at radius 3 is 2.50 bits per heavy atom. The van der Waals surface area contributed by atoms with Crippen LogP contribution in [0.15, 0.2) is 46.0 Å². The Morgan fingerprint density at radius 2 is 1.75 bits per heavy atom. The third-order valence-corrected chi connectivity index (χ3v) is 5.32. The summed E-state index contributed by atoms with van der Waals surface area (Å²) >= 11 is 3.22. The van der Waals surface area contributed by atoms with Crippen LogP contribution in [0.3, 0.4) is 0 Å². The quantitative estimate of drug-likeness (QED) is 0.298. The molecule has 0 bridgehead atoms. The first-order chi connectivity index (χ1) is 15.5. The summed E-state index contributed by atoms with van der Waals surface area (Å²) in [4.78, 5) is 15.4. The van der Waals surface area contributed by atoms with Crippen LogP contribution in [0.1, 0.15) is 11.1 Å². The fraction of sp³-hybridized carbons (Fsp3) is 0.238. The van der Waals surface area contributed by atoms with Gasteiger partial charge in [-0.1, -0.05) is 17.7 Å². The van der Waals surface area contributed by atoms with Crippen molar-refractivity contribution in [2.24, 2.45) is 5.10 Å². The third-order valence-electron chi connectivity index (χ3n) is 4.69. The highest BCUT2D eigenvalue weighted by molar-refractivity contribution is 9.10. The zero-order valence-electron chi connectivity index (χ0n) is 17.3. The first kappa shape index (κ1) is 21.8. The number of nitrogens with one attached hydrogen (secondary N) is 2. The number of benzene rings is 2. The van der Waals surface area contributed by atoms with Gasteiger partial charge in [-0.05, 0) is 41.1 Å². The topological polar surface area (TPSA) is 128 Å². The second-order valence-electron chi connectivity index (χ2n) is 7.11. The van der Waals surface area contributed by atoms with Crippen LogP contribution in [0.2, 0.25) is 0 Å². The number of halogens is 1. The van der Waals surface area contributed by atoms with Gasteiger partial charge in [0.05, 0.1) is 23.9 Å². The van der Waals surface area contributed by atoms with Crippen molar-refractivity contribution in [1.29, 1.82) is 0 Å². The molecule has 0 aliphatic carbocycles. The molecule has 4 rings (SSSR count). The average Bonchev–Trinajstić information content (AvgIpc) is 2.79. The Labute approximate surface area is 193 Å². The Bertz CT molecular complexity index is 1120. The summed E-state index contributed by atoms with van der Waals surface area (Å²) in [5, 5.41) is 26.9. The molecule has 0 saturated carbocycles. The predicted molar refractivity (Wildman–Crippen MR) is 126 cm³/mol. The minimum atomic E-state index is -0.109. The van der Waals surface area contributed by atoms with Crippen molar-refractivity contribution in [1.82, 2.24) is 15.0 Å². The van der Waals surface area contributed by atoms with Gasteiger partial charge in [0.1, 0.15) is 11.5 Å². The SMILES string of the molecule is Cc1ccc(Nc2nc(NN=Cc3cc(Br)c(O)cc3O)nc(N3CCOCC3)n2)cc1. The number of hydrazone groups is 1. The van der Waals surface area contributed by atoms with E-state index in [0.29, 0.717) is 48.2 Å². The highest BCUT2D eigenvalue weighted by atomic mass is 79.9. The number of hydrogen-bond donors (Lipinski definition) is 4. The lowest BCUT2D eigenvalue weighted by molar-refractivity contribution is 0.122. The molecule has 1 aliphatic heterocycles. The summed E-state index contributed by atoms with van der Waals surface area (Å²) in [5.74, 6) is 0.948. The third kappa shape index (κ3) is 5.42. The minimum absolute atomic E-state index is 0.0629. The molecule has 0 unspecified atom stereocenters. The number of nitrogens with zero attached hydrogens (tertiary/aromatic N) is 5. The number of hydrogen-bond acceptors (Lipinski definition) is 10. The molecule has 0 spiro atoms. The van der Waals surface area contributed by atoms with E-state index < -0.39 is 0 Å². The van der Waals surface area contributed by atoms with Crippen LogP contribution in [-0.4, -0.2) is 57.7 Å². The largest absolute Gasteiger partial charge is 0.507 e. The van der Waals surface area contributed by atoms with Crippen LogP contribution < -0.4 is 15.6 Å². The molecule has 10 nitrogen and oxygen atoms in total. The molecule has 1 saturated heterocycles. The molecular weight excluding hydrogens is 478 g/mol. The van der Waals surface area contributed by atoms with Crippen LogP contribution >= 0.6 is 15.9 Å². The van der Waals surface area contributed by atoms with E-state index in [1.807, 2.05) is 36.1 Å². The zero-order chi connectivity index (χ0) is 22.5. The van der Waals surface area contributed by atoms with E-state index in [9.17, 15) is 10.2 Å². The number of morpholine rings is 1. The van der Waals surface area contributed by atoms with Gasteiger partial charge in [-0.25, -0.2) is 5.43 Å². The number of aromatic hydroxyl groups is 2. The summed E-state index contributed by atoms with van der Waals surface area (Å²) in [6.45, 7) is 4.57. The van der Waals surface area contributed by atoms with Crippen molar-refractivity contribution in [2.45, 2.75) is 6.92 Å². The molecule has 1 aromatic heterocycles. The molecule has 32 heavy (non-hydrogen) atoms. The van der Waals surface area contributed by atoms with Crippen molar-refractivity contribution >= 4 is 45.7 Å².